The molecule has 0 saturated heterocycles. The van der Waals surface area contributed by atoms with E-state index in [2.05, 4.69) is 4.72 Å². The van der Waals surface area contributed by atoms with E-state index in [-0.39, 0.29) is 27.9 Å². The van der Waals surface area contributed by atoms with Crippen LogP contribution in [0.5, 0.6) is 0 Å². The maximum atomic E-state index is 12.6. The minimum absolute atomic E-state index is 0.0774. The Morgan fingerprint density at radius 3 is 2.42 bits per heavy atom. The maximum absolute atomic E-state index is 12.6. The Kier molecular flexibility index (Phi) is 6.81. The number of carbonyl (C=O) groups excluding carboxylic acids is 1. The van der Waals surface area contributed by atoms with E-state index >= 15 is 0 Å². The molecule has 0 atom stereocenters. The lowest BCUT2D eigenvalue weighted by molar-refractivity contribution is 0.0779. The van der Waals surface area contributed by atoms with Crippen LogP contribution < -0.4 is 4.72 Å². The molecule has 2 aromatic rings. The molecule has 0 aromatic heterocycles. The van der Waals surface area contributed by atoms with Crippen LogP contribution >= 0.6 is 11.6 Å². The first kappa shape index (κ1) is 20.4. The van der Waals surface area contributed by atoms with Crippen LogP contribution in [0.1, 0.15) is 29.8 Å². The Morgan fingerprint density at radius 1 is 1.15 bits per heavy atom. The zero-order valence-corrected chi connectivity index (χ0v) is 16.6. The lowest BCUT2D eigenvalue weighted by atomic mass is 10.1. The van der Waals surface area contributed by atoms with Crippen LogP contribution in [0.2, 0.25) is 5.02 Å². The van der Waals surface area contributed by atoms with Gasteiger partial charge < -0.3 is 4.90 Å². The van der Waals surface area contributed by atoms with Crippen molar-refractivity contribution in [3.8, 4) is 0 Å². The van der Waals surface area contributed by atoms with Crippen LogP contribution in [0.15, 0.2) is 53.4 Å². The number of halogens is 1. The summed E-state index contributed by atoms with van der Waals surface area (Å²) in [4.78, 5) is 14.0. The summed E-state index contributed by atoms with van der Waals surface area (Å²) < 4.78 is 27.8. The van der Waals surface area contributed by atoms with Crippen LogP contribution in [-0.2, 0) is 16.6 Å². The number of hydrogen-bond donors (Lipinski definition) is 1. The molecule has 0 radical (unpaired) electrons. The number of hydrogen-bond acceptors (Lipinski definition) is 3. The van der Waals surface area contributed by atoms with E-state index < -0.39 is 10.0 Å². The molecule has 140 valence electrons. The molecule has 0 heterocycles. The van der Waals surface area contributed by atoms with E-state index in [4.69, 9.17) is 11.6 Å². The van der Waals surface area contributed by atoms with Crippen molar-refractivity contribution in [1.82, 2.24) is 9.62 Å². The highest BCUT2D eigenvalue weighted by Crippen LogP contribution is 2.23. The smallest absolute Gasteiger partial charge is 0.253 e. The number of nitrogens with one attached hydrogen (secondary N) is 1. The van der Waals surface area contributed by atoms with E-state index in [1.54, 1.807) is 11.9 Å². The summed E-state index contributed by atoms with van der Waals surface area (Å²) in [6.07, 6.45) is 0. The molecule has 1 N–H and O–H groups in total. The molecular weight excluding hydrogens is 372 g/mol. The molecule has 1 amide bonds. The standard InChI is InChI=1S/C19H23ClN2O3S/c1-14(2)13-22(3)19(23)16-9-10-17(20)18(11-16)26(24,25)21-12-15-7-5-4-6-8-15/h4-11,14,21H,12-13H2,1-3H3. The van der Waals surface area contributed by atoms with Crippen molar-refractivity contribution in [3.63, 3.8) is 0 Å². The fourth-order valence-corrected chi connectivity index (χ4v) is 4.09. The Morgan fingerprint density at radius 2 is 1.81 bits per heavy atom. The first-order chi connectivity index (χ1) is 12.2. The van der Waals surface area contributed by atoms with Gasteiger partial charge in [0.05, 0.1) is 5.02 Å². The molecule has 0 bridgehead atoms. The SMILES string of the molecule is CC(C)CN(C)C(=O)c1ccc(Cl)c(S(=O)(=O)NCc2ccccc2)c1. The largest absolute Gasteiger partial charge is 0.341 e. The minimum atomic E-state index is -3.85. The lowest BCUT2D eigenvalue weighted by Gasteiger charge is -2.20. The Hall–Kier alpha value is -1.89. The molecule has 2 aromatic carbocycles. The van der Waals surface area contributed by atoms with Crippen molar-refractivity contribution in [3.05, 3.63) is 64.7 Å². The van der Waals surface area contributed by atoms with Gasteiger partial charge in [0.1, 0.15) is 4.90 Å². The van der Waals surface area contributed by atoms with Crippen molar-refractivity contribution in [2.45, 2.75) is 25.3 Å². The molecule has 0 unspecified atom stereocenters. The first-order valence-electron chi connectivity index (χ1n) is 8.29. The predicted molar refractivity (Wildman–Crippen MR) is 104 cm³/mol. The predicted octanol–water partition coefficient (Wildman–Crippen LogP) is 3.55. The summed E-state index contributed by atoms with van der Waals surface area (Å²) in [5.74, 6) is 0.0712. The van der Waals surface area contributed by atoms with Crippen LogP contribution in [0.4, 0.5) is 0 Å². The van der Waals surface area contributed by atoms with Crippen LogP contribution in [0.3, 0.4) is 0 Å². The van der Waals surface area contributed by atoms with Crippen molar-refractivity contribution in [1.29, 1.82) is 0 Å². The second-order valence-electron chi connectivity index (χ2n) is 6.53. The van der Waals surface area contributed by atoms with Gasteiger partial charge in [-0.3, -0.25) is 4.79 Å². The van der Waals surface area contributed by atoms with Gasteiger partial charge in [-0.15, -0.1) is 0 Å². The Bertz CT molecular complexity index is 868. The number of carbonyl (C=O) groups is 1. The molecule has 0 spiro atoms. The average molecular weight is 395 g/mol. The number of benzene rings is 2. The fraction of sp³-hybridized carbons (Fsp3) is 0.316. The molecule has 0 aliphatic heterocycles. The Labute approximate surface area is 160 Å². The van der Waals surface area contributed by atoms with Gasteiger partial charge in [-0.1, -0.05) is 55.8 Å². The molecule has 7 heteroatoms. The average Bonchev–Trinajstić information content (AvgIpc) is 2.60. The van der Waals surface area contributed by atoms with Gasteiger partial charge in [-0.2, -0.15) is 0 Å². The van der Waals surface area contributed by atoms with Gasteiger partial charge >= 0.3 is 0 Å². The summed E-state index contributed by atoms with van der Waals surface area (Å²) in [6, 6.07) is 13.5. The third-order valence-corrected chi connectivity index (χ3v) is 5.65. The lowest BCUT2D eigenvalue weighted by Crippen LogP contribution is -2.30. The molecule has 0 aliphatic carbocycles. The van der Waals surface area contributed by atoms with Gasteiger partial charge in [0.15, 0.2) is 0 Å². The zero-order valence-electron chi connectivity index (χ0n) is 15.1. The second kappa shape index (κ2) is 8.66. The van der Waals surface area contributed by atoms with Crippen LogP contribution in [0, 0.1) is 5.92 Å². The van der Waals surface area contributed by atoms with E-state index in [0.29, 0.717) is 12.5 Å². The molecule has 0 fully saturated rings. The second-order valence-corrected chi connectivity index (χ2v) is 8.68. The van der Waals surface area contributed by atoms with Gasteiger partial charge in [0.25, 0.3) is 5.91 Å². The van der Waals surface area contributed by atoms with Gasteiger partial charge in [-0.05, 0) is 29.7 Å². The first-order valence-corrected chi connectivity index (χ1v) is 10.2. The van der Waals surface area contributed by atoms with Gasteiger partial charge in [0.2, 0.25) is 10.0 Å². The molecule has 0 saturated carbocycles. The van der Waals surface area contributed by atoms with E-state index in [1.165, 1.54) is 18.2 Å². The summed E-state index contributed by atoms with van der Waals surface area (Å²) >= 11 is 6.09. The van der Waals surface area contributed by atoms with Crippen molar-refractivity contribution >= 4 is 27.5 Å². The highest BCUT2D eigenvalue weighted by atomic mass is 35.5. The van der Waals surface area contributed by atoms with E-state index in [0.717, 1.165) is 5.56 Å². The van der Waals surface area contributed by atoms with Crippen molar-refractivity contribution < 1.29 is 13.2 Å². The third-order valence-electron chi connectivity index (χ3n) is 3.76. The van der Waals surface area contributed by atoms with E-state index in [1.807, 2.05) is 44.2 Å². The minimum Gasteiger partial charge on any atom is -0.341 e. The number of rotatable bonds is 7. The van der Waals surface area contributed by atoms with E-state index in [9.17, 15) is 13.2 Å². The van der Waals surface area contributed by atoms with Crippen molar-refractivity contribution in [2.75, 3.05) is 13.6 Å². The Balaban J connectivity index is 2.24. The summed E-state index contributed by atoms with van der Waals surface area (Å²) in [6.45, 7) is 4.74. The van der Waals surface area contributed by atoms with Gasteiger partial charge in [-0.25, -0.2) is 13.1 Å². The molecule has 26 heavy (non-hydrogen) atoms. The topological polar surface area (TPSA) is 66.5 Å². The quantitative estimate of drug-likeness (QED) is 0.780. The molecule has 2 rings (SSSR count). The highest BCUT2D eigenvalue weighted by Gasteiger charge is 2.21. The molecule has 5 nitrogen and oxygen atoms in total. The number of sulfonamides is 1. The third kappa shape index (κ3) is 5.30. The highest BCUT2D eigenvalue weighted by molar-refractivity contribution is 7.89. The van der Waals surface area contributed by atoms with Crippen molar-refractivity contribution in [2.24, 2.45) is 5.92 Å². The summed E-state index contributed by atoms with van der Waals surface area (Å²) in [7, 11) is -2.15. The van der Waals surface area contributed by atoms with Gasteiger partial charge in [0, 0.05) is 25.7 Å². The number of nitrogens with zero attached hydrogens (tertiary/aromatic N) is 1. The normalized spacial score (nSPS) is 11.6. The molecule has 0 aliphatic rings. The zero-order chi connectivity index (χ0) is 19.3. The van der Waals surface area contributed by atoms with Crippen LogP contribution in [0.25, 0.3) is 0 Å². The molecular formula is C19H23ClN2O3S. The summed E-state index contributed by atoms with van der Waals surface area (Å²) in [5.41, 5.74) is 1.12. The summed E-state index contributed by atoms with van der Waals surface area (Å²) in [5, 5.41) is 0.0774. The van der Waals surface area contributed by atoms with Crippen LogP contribution in [-0.4, -0.2) is 32.8 Å². The maximum Gasteiger partial charge on any atom is 0.253 e. The number of amides is 1. The monoisotopic (exact) mass is 394 g/mol. The fourth-order valence-electron chi connectivity index (χ4n) is 2.55.